The van der Waals surface area contributed by atoms with Crippen molar-refractivity contribution in [1.82, 2.24) is 5.43 Å². The van der Waals surface area contributed by atoms with Gasteiger partial charge in [-0.05, 0) is 36.0 Å². The van der Waals surface area contributed by atoms with E-state index in [2.05, 4.69) is 15.8 Å². The molecule has 4 rings (SSSR count). The van der Waals surface area contributed by atoms with Crippen LogP contribution in [0.5, 0.6) is 0 Å². The van der Waals surface area contributed by atoms with Gasteiger partial charge in [-0.3, -0.25) is 10.2 Å². The lowest BCUT2D eigenvalue weighted by atomic mass is 10.1. The van der Waals surface area contributed by atoms with E-state index in [1.807, 2.05) is 54.6 Å². The third-order valence-electron chi connectivity index (χ3n) is 4.79. The van der Waals surface area contributed by atoms with Crippen LogP contribution in [0.1, 0.15) is 11.1 Å². The average molecular weight is 466 g/mol. The van der Waals surface area contributed by atoms with Crippen LogP contribution in [-0.4, -0.2) is 25.1 Å². The highest BCUT2D eigenvalue weighted by atomic mass is 32.2. The lowest BCUT2D eigenvalue weighted by Gasteiger charge is -2.16. The zero-order valence-electron chi connectivity index (χ0n) is 16.7. The molecule has 0 unspecified atom stereocenters. The molecule has 8 nitrogen and oxygen atoms in total. The smallest absolute Gasteiger partial charge is 0.279 e. The van der Waals surface area contributed by atoms with Gasteiger partial charge >= 0.3 is 0 Å². The number of anilines is 2. The third-order valence-corrected chi connectivity index (χ3v) is 5.95. The van der Waals surface area contributed by atoms with Gasteiger partial charge in [-0.15, -0.1) is 0 Å². The number of sulfonamides is 1. The molecule has 4 N–H and O–H groups in total. The van der Waals surface area contributed by atoms with Crippen LogP contribution < -0.4 is 20.8 Å². The van der Waals surface area contributed by atoms with Gasteiger partial charge in [-0.1, -0.05) is 60.7 Å². The number of nitrogens with zero attached hydrogens (tertiary/aromatic N) is 2. The van der Waals surface area contributed by atoms with Crippen molar-refractivity contribution in [2.24, 2.45) is 10.2 Å². The van der Waals surface area contributed by atoms with Crippen LogP contribution in [-0.2, 0) is 21.4 Å². The minimum absolute atomic E-state index is 0.0143. The fraction of sp³-hybridized carbons (Fsp3) is 0.0455. The van der Waals surface area contributed by atoms with Crippen LogP contribution in [0.15, 0.2) is 88.9 Å². The number of hydrazone groups is 1. The molecule has 1 aliphatic heterocycles. The monoisotopic (exact) mass is 465 g/mol. The second kappa shape index (κ2) is 8.87. The second-order valence-electron chi connectivity index (χ2n) is 6.96. The van der Waals surface area contributed by atoms with Gasteiger partial charge < -0.3 is 10.2 Å². The number of rotatable bonds is 5. The van der Waals surface area contributed by atoms with E-state index in [0.29, 0.717) is 12.1 Å². The molecule has 0 aliphatic carbocycles. The minimum Gasteiger partial charge on any atom is -0.330 e. The Balaban J connectivity index is 1.56. The van der Waals surface area contributed by atoms with Crippen molar-refractivity contribution in [2.45, 2.75) is 11.4 Å². The highest BCUT2D eigenvalue weighted by Crippen LogP contribution is 2.30. The Morgan fingerprint density at radius 3 is 2.38 bits per heavy atom. The fourth-order valence-corrected chi connectivity index (χ4v) is 4.22. The summed E-state index contributed by atoms with van der Waals surface area (Å²) in [6, 6.07) is 23.1. The summed E-state index contributed by atoms with van der Waals surface area (Å²) < 4.78 is 23.5. The van der Waals surface area contributed by atoms with E-state index >= 15 is 0 Å². The number of benzene rings is 3. The quantitative estimate of drug-likeness (QED) is 0.394. The molecule has 3 aromatic carbocycles. The molecule has 0 radical (unpaired) electrons. The topological polar surface area (TPSA) is 117 Å². The van der Waals surface area contributed by atoms with Gasteiger partial charge in [-0.2, -0.15) is 5.10 Å². The first-order valence-corrected chi connectivity index (χ1v) is 11.5. The molecule has 10 heteroatoms. The molecular weight excluding hydrogens is 446 g/mol. The summed E-state index contributed by atoms with van der Waals surface area (Å²) in [4.78, 5) is 14.7. The van der Waals surface area contributed by atoms with Crippen molar-refractivity contribution in [1.29, 1.82) is 0 Å². The molecule has 0 saturated heterocycles. The number of carbonyl (C=O) groups is 1. The Morgan fingerprint density at radius 2 is 1.62 bits per heavy atom. The summed E-state index contributed by atoms with van der Waals surface area (Å²) in [6.07, 6.45) is 0. The Labute approximate surface area is 190 Å². The first-order valence-electron chi connectivity index (χ1n) is 9.56. The second-order valence-corrected chi connectivity index (χ2v) is 8.90. The molecule has 0 bridgehead atoms. The van der Waals surface area contributed by atoms with Crippen molar-refractivity contribution >= 4 is 50.3 Å². The van der Waals surface area contributed by atoms with Gasteiger partial charge in [0.2, 0.25) is 10.0 Å². The minimum atomic E-state index is -3.94. The maximum Gasteiger partial charge on any atom is 0.279 e. The van der Waals surface area contributed by atoms with E-state index in [1.54, 1.807) is 17.0 Å². The van der Waals surface area contributed by atoms with E-state index in [9.17, 15) is 13.2 Å². The highest BCUT2D eigenvalue weighted by molar-refractivity contribution is 7.89. The van der Waals surface area contributed by atoms with Gasteiger partial charge in [0.15, 0.2) is 10.8 Å². The molecule has 32 heavy (non-hydrogen) atoms. The van der Waals surface area contributed by atoms with Crippen molar-refractivity contribution in [3.63, 3.8) is 0 Å². The third kappa shape index (κ3) is 4.52. The summed E-state index contributed by atoms with van der Waals surface area (Å²) in [5.74, 6) is -0.268. The summed E-state index contributed by atoms with van der Waals surface area (Å²) in [5.41, 5.74) is 5.46. The number of thiocarbonyl (C=S) groups is 1. The number of nitrogens with two attached hydrogens (primary N) is 1. The lowest BCUT2D eigenvalue weighted by Crippen LogP contribution is -2.32. The van der Waals surface area contributed by atoms with Crippen LogP contribution in [0.4, 0.5) is 11.4 Å². The number of hydrogen-bond acceptors (Lipinski definition) is 5. The van der Waals surface area contributed by atoms with Crippen LogP contribution in [0.2, 0.25) is 0 Å². The fourth-order valence-electron chi connectivity index (χ4n) is 3.37. The maximum absolute atomic E-state index is 13.1. The highest BCUT2D eigenvalue weighted by Gasteiger charge is 2.34. The number of para-hydroxylation sites is 2. The van der Waals surface area contributed by atoms with Crippen LogP contribution >= 0.6 is 12.2 Å². The SMILES string of the molecule is NS(=O)(=O)c1ccccc1NC(=S)N/N=C1\C(=O)N(Cc2ccccc2)c2ccccc21. The molecule has 1 amide bonds. The number of hydrogen-bond donors (Lipinski definition) is 3. The molecule has 0 aromatic heterocycles. The molecular formula is C22H19N5O3S2. The van der Waals surface area contributed by atoms with Gasteiger partial charge in [-0.25, -0.2) is 13.6 Å². The largest absolute Gasteiger partial charge is 0.330 e. The zero-order valence-corrected chi connectivity index (χ0v) is 18.4. The van der Waals surface area contributed by atoms with Crippen molar-refractivity contribution in [2.75, 3.05) is 10.2 Å². The van der Waals surface area contributed by atoms with Gasteiger partial charge in [0.05, 0.1) is 17.9 Å². The summed E-state index contributed by atoms with van der Waals surface area (Å²) in [6.45, 7) is 0.403. The molecule has 0 spiro atoms. The first kappa shape index (κ1) is 21.6. The molecule has 3 aromatic rings. The Hall–Kier alpha value is -3.60. The predicted octanol–water partition coefficient (Wildman–Crippen LogP) is 2.57. The van der Waals surface area contributed by atoms with Crippen molar-refractivity contribution < 1.29 is 13.2 Å². The zero-order chi connectivity index (χ0) is 22.7. The van der Waals surface area contributed by atoms with Crippen LogP contribution in [0.25, 0.3) is 0 Å². The lowest BCUT2D eigenvalue weighted by molar-refractivity contribution is -0.112. The normalized spacial score (nSPS) is 14.3. The van der Waals surface area contributed by atoms with Crippen LogP contribution in [0, 0.1) is 0 Å². The Kier molecular flexibility index (Phi) is 5.99. The number of fused-ring (bicyclic) bond motifs is 1. The first-order chi connectivity index (χ1) is 15.3. The molecule has 0 fully saturated rings. The standard InChI is InChI=1S/C22H19N5O3S2/c23-32(29,30)19-13-7-5-11-17(19)24-22(31)26-25-20-16-10-4-6-12-18(16)27(21(20)28)14-15-8-2-1-3-9-15/h1-13H,14H2,(H2,23,29,30)(H2,24,26,31)/b25-20-. The van der Waals surface area contributed by atoms with E-state index in [1.165, 1.54) is 12.1 Å². The number of primary sulfonamides is 1. The van der Waals surface area contributed by atoms with Gasteiger partial charge in [0.1, 0.15) is 4.90 Å². The molecule has 1 heterocycles. The Morgan fingerprint density at radius 1 is 0.969 bits per heavy atom. The van der Waals surface area contributed by atoms with Crippen molar-refractivity contribution in [3.8, 4) is 0 Å². The molecule has 0 atom stereocenters. The number of carbonyl (C=O) groups excluding carboxylic acids is 1. The summed E-state index contributed by atoms with van der Waals surface area (Å²) in [7, 11) is -3.94. The molecule has 1 aliphatic rings. The van der Waals surface area contributed by atoms with E-state index in [4.69, 9.17) is 17.4 Å². The summed E-state index contributed by atoms with van der Waals surface area (Å²) in [5, 5.41) is 12.2. The maximum atomic E-state index is 13.1. The number of nitrogens with one attached hydrogen (secondary N) is 2. The number of amides is 1. The average Bonchev–Trinajstić information content (AvgIpc) is 3.04. The predicted molar refractivity (Wildman–Crippen MR) is 128 cm³/mol. The molecule has 0 saturated carbocycles. The van der Waals surface area contributed by atoms with E-state index in [-0.39, 0.29) is 27.3 Å². The van der Waals surface area contributed by atoms with E-state index in [0.717, 1.165) is 11.3 Å². The van der Waals surface area contributed by atoms with Gasteiger partial charge in [0, 0.05) is 5.56 Å². The van der Waals surface area contributed by atoms with Crippen LogP contribution in [0.3, 0.4) is 0 Å². The Bertz CT molecular complexity index is 1320. The van der Waals surface area contributed by atoms with E-state index < -0.39 is 10.0 Å². The van der Waals surface area contributed by atoms with Crippen molar-refractivity contribution in [3.05, 3.63) is 90.0 Å². The van der Waals surface area contributed by atoms with Gasteiger partial charge in [0.25, 0.3) is 5.91 Å². The summed E-state index contributed by atoms with van der Waals surface area (Å²) >= 11 is 5.23. The molecule has 162 valence electrons.